The summed E-state index contributed by atoms with van der Waals surface area (Å²) >= 11 is 5.78. The molecule has 0 N–H and O–H groups in total. The second-order valence-electron chi connectivity index (χ2n) is 10.00. The van der Waals surface area contributed by atoms with E-state index >= 15 is 0 Å². The Morgan fingerprint density at radius 1 is 1.20 bits per heavy atom. The van der Waals surface area contributed by atoms with Crippen LogP contribution in [-0.2, 0) is 43.6 Å². The summed E-state index contributed by atoms with van der Waals surface area (Å²) < 4.78 is 69.0. The fourth-order valence-electron chi connectivity index (χ4n) is 4.98. The molecule has 1 aromatic carbocycles. The van der Waals surface area contributed by atoms with Crippen molar-refractivity contribution in [3.8, 4) is 5.88 Å². The van der Waals surface area contributed by atoms with E-state index in [1.807, 2.05) is 9.47 Å². The lowest BCUT2D eigenvalue weighted by atomic mass is 10.0. The van der Waals surface area contributed by atoms with E-state index in [1.165, 1.54) is 18.3 Å². The van der Waals surface area contributed by atoms with Gasteiger partial charge in [0.1, 0.15) is 23.8 Å². The van der Waals surface area contributed by atoms with Gasteiger partial charge in [0, 0.05) is 36.5 Å². The lowest BCUT2D eigenvalue weighted by Crippen LogP contribution is -2.34. The summed E-state index contributed by atoms with van der Waals surface area (Å²) in [6, 6.07) is 6.64. The van der Waals surface area contributed by atoms with Gasteiger partial charge >= 0.3 is 6.18 Å². The molecule has 0 spiro atoms. The molecule has 1 saturated heterocycles. The van der Waals surface area contributed by atoms with E-state index in [-0.39, 0.29) is 23.2 Å². The number of alkyl halides is 3. The lowest BCUT2D eigenvalue weighted by molar-refractivity contribution is -0.139. The van der Waals surface area contributed by atoms with Crippen molar-refractivity contribution >= 4 is 28.5 Å². The first-order chi connectivity index (χ1) is 19.7. The number of fused-ring (bicyclic) bond motifs is 2. The molecule has 0 radical (unpaired) electrons. The van der Waals surface area contributed by atoms with Gasteiger partial charge in [-0.15, -0.1) is 0 Å². The van der Waals surface area contributed by atoms with E-state index in [0.29, 0.717) is 60.8 Å². The van der Waals surface area contributed by atoms with Gasteiger partial charge in [0.15, 0.2) is 5.65 Å². The summed E-state index contributed by atoms with van der Waals surface area (Å²) in [6.45, 7) is 9.26. The molecule has 3 aromatic heterocycles. The molecule has 4 aromatic rings. The van der Waals surface area contributed by atoms with Crippen LogP contribution < -0.4 is 4.74 Å². The van der Waals surface area contributed by atoms with Crippen molar-refractivity contribution in [2.45, 2.75) is 51.4 Å². The fraction of sp³-hybridized carbons (Fsp3) is 0.357. The predicted octanol–water partition coefficient (Wildman–Crippen LogP) is 6.11. The van der Waals surface area contributed by atoms with Gasteiger partial charge < -0.3 is 14.0 Å². The van der Waals surface area contributed by atoms with Gasteiger partial charge in [0.25, 0.3) is 0 Å². The highest BCUT2D eigenvalue weighted by Gasteiger charge is 2.37. The van der Waals surface area contributed by atoms with Crippen LogP contribution in [0.5, 0.6) is 5.88 Å². The molecule has 8 nitrogen and oxygen atoms in total. The third-order valence-corrected chi connectivity index (χ3v) is 7.47. The van der Waals surface area contributed by atoms with Crippen molar-refractivity contribution in [2.75, 3.05) is 13.2 Å². The number of benzene rings is 1. The van der Waals surface area contributed by atoms with Crippen molar-refractivity contribution in [3.63, 3.8) is 0 Å². The zero-order valence-corrected chi connectivity index (χ0v) is 22.3. The molecule has 0 bridgehead atoms. The Morgan fingerprint density at radius 2 is 2.02 bits per heavy atom. The van der Waals surface area contributed by atoms with Gasteiger partial charge in [-0.05, 0) is 42.7 Å². The molecule has 13 heteroatoms. The highest BCUT2D eigenvalue weighted by molar-refractivity contribution is 6.30. The second kappa shape index (κ2) is 10.9. The Balaban J connectivity index is 1.27. The molecule has 1 atom stereocenters. The number of aromatic nitrogens is 4. The largest absolute Gasteiger partial charge is 0.472 e. The molecule has 0 amide bonds. The van der Waals surface area contributed by atoms with Crippen LogP contribution in [0, 0.1) is 12.4 Å². The van der Waals surface area contributed by atoms with Crippen LogP contribution in [0.15, 0.2) is 36.5 Å². The first-order valence-corrected chi connectivity index (χ1v) is 13.3. The zero-order valence-electron chi connectivity index (χ0n) is 21.6. The SMILES string of the molecule is [C-]#[N+]c1cnc2c(c1)nc(CN1CCc3cc(C(F)(F)F)c(OCc4ccc(Cl)cc4F)nc3C1)n2C[C@@H]1CCO1. The van der Waals surface area contributed by atoms with E-state index in [0.717, 1.165) is 24.4 Å². The fourth-order valence-corrected chi connectivity index (χ4v) is 5.14. The van der Waals surface area contributed by atoms with Crippen LogP contribution in [0.4, 0.5) is 23.2 Å². The summed E-state index contributed by atoms with van der Waals surface area (Å²) in [7, 11) is 0. The van der Waals surface area contributed by atoms with Gasteiger partial charge in [-0.25, -0.2) is 24.2 Å². The summed E-state index contributed by atoms with van der Waals surface area (Å²) in [5.74, 6) is -0.559. The number of imidazole rings is 1. The van der Waals surface area contributed by atoms with Crippen molar-refractivity contribution in [1.29, 1.82) is 0 Å². The third-order valence-electron chi connectivity index (χ3n) is 7.24. The van der Waals surface area contributed by atoms with Crippen LogP contribution in [0.25, 0.3) is 16.0 Å². The molecule has 0 aliphatic carbocycles. The molecule has 2 aliphatic heterocycles. The van der Waals surface area contributed by atoms with Crippen molar-refractivity contribution in [1.82, 2.24) is 24.4 Å². The number of halogens is 5. The Hall–Kier alpha value is -3.79. The minimum Gasteiger partial charge on any atom is -0.472 e. The summed E-state index contributed by atoms with van der Waals surface area (Å²) in [6.07, 6.45) is -1.87. The number of hydrogen-bond donors (Lipinski definition) is 0. The van der Waals surface area contributed by atoms with Crippen molar-refractivity contribution in [2.24, 2.45) is 0 Å². The minimum absolute atomic E-state index is 0.0446. The smallest absolute Gasteiger partial charge is 0.421 e. The van der Waals surface area contributed by atoms with Crippen molar-refractivity contribution < 1.29 is 27.0 Å². The normalized spacial score (nSPS) is 17.2. The Kier molecular flexibility index (Phi) is 7.27. The summed E-state index contributed by atoms with van der Waals surface area (Å²) in [5.41, 5.74) is 1.64. The van der Waals surface area contributed by atoms with Gasteiger partial charge in [-0.2, -0.15) is 13.2 Å². The highest BCUT2D eigenvalue weighted by atomic mass is 35.5. The van der Waals surface area contributed by atoms with E-state index in [9.17, 15) is 17.6 Å². The van der Waals surface area contributed by atoms with Crippen LogP contribution in [0.2, 0.25) is 5.02 Å². The zero-order chi connectivity index (χ0) is 28.7. The standard InChI is InChI=1S/C28H23ClF4N6O2/c1-34-19-10-23-26(35-11-19)39(12-20-5-7-40-20)25(36-23)14-38-6-4-16-8-21(28(31,32)33)27(37-24(16)13-38)41-15-17-2-3-18(29)9-22(17)30/h2-3,8-11,20H,4-7,12-15H2/t20-/m0/s1. The second-order valence-corrected chi connectivity index (χ2v) is 10.4. The molecular weight excluding hydrogens is 564 g/mol. The Labute approximate surface area is 237 Å². The molecule has 212 valence electrons. The molecule has 0 saturated carbocycles. The van der Waals surface area contributed by atoms with Crippen LogP contribution in [0.1, 0.15) is 34.6 Å². The summed E-state index contributed by atoms with van der Waals surface area (Å²) in [5, 5.41) is 0.172. The number of hydrogen-bond acceptors (Lipinski definition) is 6. The number of nitrogens with zero attached hydrogens (tertiary/aromatic N) is 6. The van der Waals surface area contributed by atoms with Crippen LogP contribution >= 0.6 is 11.6 Å². The lowest BCUT2D eigenvalue weighted by Gasteiger charge is -2.30. The number of ether oxygens (including phenoxy) is 2. The van der Waals surface area contributed by atoms with Gasteiger partial charge in [-0.3, -0.25) is 4.90 Å². The van der Waals surface area contributed by atoms with Crippen LogP contribution in [-0.4, -0.2) is 43.7 Å². The molecule has 5 heterocycles. The molecule has 0 unspecified atom stereocenters. The maximum absolute atomic E-state index is 14.2. The number of rotatable bonds is 7. The first kappa shape index (κ1) is 27.4. The molecule has 41 heavy (non-hydrogen) atoms. The van der Waals surface area contributed by atoms with Crippen LogP contribution in [0.3, 0.4) is 0 Å². The average Bonchev–Trinajstić information content (AvgIpc) is 3.24. The molecular formula is C28H23ClF4N6O2. The minimum atomic E-state index is -4.70. The van der Waals surface area contributed by atoms with Crippen molar-refractivity contribution in [3.05, 3.63) is 87.0 Å². The third kappa shape index (κ3) is 5.70. The molecule has 6 rings (SSSR count). The van der Waals surface area contributed by atoms with Gasteiger partial charge in [0.2, 0.25) is 11.6 Å². The summed E-state index contributed by atoms with van der Waals surface area (Å²) in [4.78, 5) is 19.0. The average molecular weight is 587 g/mol. The maximum Gasteiger partial charge on any atom is 0.421 e. The first-order valence-electron chi connectivity index (χ1n) is 12.9. The highest BCUT2D eigenvalue weighted by Crippen LogP contribution is 2.38. The van der Waals surface area contributed by atoms with Gasteiger partial charge in [-0.1, -0.05) is 17.7 Å². The molecule has 1 fully saturated rings. The maximum atomic E-state index is 14.2. The van der Waals surface area contributed by atoms with E-state index in [4.69, 9.17) is 32.6 Å². The Morgan fingerprint density at radius 3 is 2.73 bits per heavy atom. The topological polar surface area (TPSA) is 69.7 Å². The Bertz CT molecular complexity index is 1660. The monoisotopic (exact) mass is 586 g/mol. The van der Waals surface area contributed by atoms with E-state index in [2.05, 4.69) is 14.8 Å². The number of pyridine rings is 2. The quantitative estimate of drug-likeness (QED) is 0.192. The van der Waals surface area contributed by atoms with Gasteiger partial charge in [0.05, 0.1) is 37.0 Å². The predicted molar refractivity (Wildman–Crippen MR) is 141 cm³/mol. The molecule has 2 aliphatic rings. The van der Waals surface area contributed by atoms with E-state index < -0.39 is 30.0 Å². The van der Waals surface area contributed by atoms with E-state index in [1.54, 1.807) is 6.07 Å².